The summed E-state index contributed by atoms with van der Waals surface area (Å²) in [4.78, 5) is 17.9. The molecule has 31 heavy (non-hydrogen) atoms. The first-order valence-corrected chi connectivity index (χ1v) is 10.7. The molecule has 0 spiro atoms. The molecule has 7 heteroatoms. The second-order valence-electron chi connectivity index (χ2n) is 8.48. The monoisotopic (exact) mass is 413 g/mol. The van der Waals surface area contributed by atoms with Crippen LogP contribution in [0.3, 0.4) is 0 Å². The summed E-state index contributed by atoms with van der Waals surface area (Å²) in [5.74, 6) is 0.666. The Morgan fingerprint density at radius 1 is 1.13 bits per heavy atom. The van der Waals surface area contributed by atoms with Crippen LogP contribution in [0.2, 0.25) is 0 Å². The third kappa shape index (κ3) is 3.82. The van der Waals surface area contributed by atoms with E-state index in [1.807, 2.05) is 0 Å². The zero-order valence-electron chi connectivity index (χ0n) is 17.1. The Morgan fingerprint density at radius 2 is 1.87 bits per heavy atom. The van der Waals surface area contributed by atoms with Crippen LogP contribution in [0.5, 0.6) is 0 Å². The number of nitrogens with one attached hydrogen (secondary N) is 1. The van der Waals surface area contributed by atoms with Gasteiger partial charge in [0.25, 0.3) is 5.69 Å². The summed E-state index contributed by atoms with van der Waals surface area (Å²) in [5, 5.41) is 24.7. The molecule has 0 radical (unpaired) electrons. The van der Waals surface area contributed by atoms with Gasteiger partial charge in [-0.05, 0) is 43.4 Å². The van der Waals surface area contributed by atoms with Gasteiger partial charge in [0.15, 0.2) is 0 Å². The molecule has 1 aromatic heterocycles. The third-order valence-electron chi connectivity index (χ3n) is 6.57. The van der Waals surface area contributed by atoms with Gasteiger partial charge in [0.05, 0.1) is 22.1 Å². The van der Waals surface area contributed by atoms with Crippen molar-refractivity contribution in [1.82, 2.24) is 9.88 Å². The highest BCUT2D eigenvalue weighted by atomic mass is 16.6. The third-order valence-corrected chi connectivity index (χ3v) is 6.57. The van der Waals surface area contributed by atoms with Crippen molar-refractivity contribution in [2.24, 2.45) is 0 Å². The van der Waals surface area contributed by atoms with Crippen molar-refractivity contribution in [2.45, 2.75) is 50.4 Å². The van der Waals surface area contributed by atoms with Gasteiger partial charge >= 0.3 is 0 Å². The minimum Gasteiger partial charge on any atom is -0.367 e. The Labute approximate surface area is 180 Å². The van der Waals surface area contributed by atoms with Gasteiger partial charge in [-0.3, -0.25) is 15.0 Å². The predicted octanol–water partition coefficient (Wildman–Crippen LogP) is 4.62. The fourth-order valence-electron chi connectivity index (χ4n) is 5.15. The lowest BCUT2D eigenvalue weighted by molar-refractivity contribution is -0.384. The highest BCUT2D eigenvalue weighted by Gasteiger charge is 2.40. The van der Waals surface area contributed by atoms with Crippen LogP contribution >= 0.6 is 0 Å². The number of nitro benzene ring substituents is 1. The van der Waals surface area contributed by atoms with Crippen LogP contribution in [0, 0.1) is 21.4 Å². The zero-order chi connectivity index (χ0) is 21.4. The maximum absolute atomic E-state index is 11.1. The lowest BCUT2D eigenvalue weighted by Gasteiger charge is -2.39. The number of hydrogen-bond acceptors (Lipinski definition) is 6. The molecule has 2 bridgehead atoms. The Kier molecular flexibility index (Phi) is 5.00. The standard InChI is InChI=1S/C24H23N5O2/c25-14-17-10-24(27-23-9-8-21(29(30)31)13-22(17)23)26-18-11-19-6-7-20(12-18)28(19)15-16-4-2-1-3-5-16/h1-5,8-10,13,18-20H,6-7,11-12,15H2,(H,26,27). The summed E-state index contributed by atoms with van der Waals surface area (Å²) in [6.07, 6.45) is 4.53. The number of pyridine rings is 1. The highest BCUT2D eigenvalue weighted by molar-refractivity contribution is 5.88. The molecule has 2 atom stereocenters. The van der Waals surface area contributed by atoms with Crippen LogP contribution in [0.1, 0.15) is 36.8 Å². The van der Waals surface area contributed by atoms with Gasteiger partial charge < -0.3 is 5.32 Å². The molecule has 2 aromatic carbocycles. The highest BCUT2D eigenvalue weighted by Crippen LogP contribution is 2.38. The van der Waals surface area contributed by atoms with Crippen LogP contribution < -0.4 is 5.32 Å². The molecule has 1 N–H and O–H groups in total. The van der Waals surface area contributed by atoms with Crippen molar-refractivity contribution in [1.29, 1.82) is 5.26 Å². The first kappa shape index (κ1) is 19.5. The van der Waals surface area contributed by atoms with Gasteiger partial charge in [0.1, 0.15) is 5.82 Å². The van der Waals surface area contributed by atoms with Crippen LogP contribution in [-0.2, 0) is 6.54 Å². The molecule has 0 aliphatic carbocycles. The number of fused-ring (bicyclic) bond motifs is 3. The van der Waals surface area contributed by atoms with Crippen molar-refractivity contribution in [3.63, 3.8) is 0 Å². The van der Waals surface area contributed by atoms with E-state index in [1.165, 1.54) is 30.5 Å². The van der Waals surface area contributed by atoms with Crippen LogP contribution in [0.15, 0.2) is 54.6 Å². The van der Waals surface area contributed by atoms with E-state index in [1.54, 1.807) is 12.1 Å². The van der Waals surface area contributed by atoms with Crippen LogP contribution in [0.4, 0.5) is 11.5 Å². The van der Waals surface area contributed by atoms with Crippen molar-refractivity contribution >= 4 is 22.4 Å². The van der Waals surface area contributed by atoms with E-state index < -0.39 is 4.92 Å². The van der Waals surface area contributed by atoms with Crippen LogP contribution in [-0.4, -0.2) is 32.9 Å². The molecule has 2 saturated heterocycles. The molecule has 2 aliphatic heterocycles. The molecule has 2 aliphatic rings. The normalized spacial score (nSPS) is 22.9. The number of rotatable bonds is 5. The van der Waals surface area contributed by atoms with E-state index >= 15 is 0 Å². The van der Waals surface area contributed by atoms with E-state index in [-0.39, 0.29) is 5.69 Å². The molecule has 3 aromatic rings. The van der Waals surface area contributed by atoms with E-state index in [2.05, 4.69) is 51.6 Å². The summed E-state index contributed by atoms with van der Waals surface area (Å²) < 4.78 is 0. The molecule has 5 rings (SSSR count). The molecular weight excluding hydrogens is 390 g/mol. The van der Waals surface area contributed by atoms with E-state index in [9.17, 15) is 15.4 Å². The van der Waals surface area contributed by atoms with Crippen molar-refractivity contribution < 1.29 is 4.92 Å². The number of benzene rings is 2. The first-order chi connectivity index (χ1) is 15.1. The van der Waals surface area contributed by atoms with Gasteiger partial charge in [-0.2, -0.15) is 5.26 Å². The molecule has 2 unspecified atom stereocenters. The molecule has 2 fully saturated rings. The summed E-state index contributed by atoms with van der Waals surface area (Å²) in [6.45, 7) is 0.995. The fraction of sp³-hybridized carbons (Fsp3) is 0.333. The van der Waals surface area contributed by atoms with Gasteiger partial charge in [-0.25, -0.2) is 4.98 Å². The second kappa shape index (κ2) is 7.97. The number of piperidine rings is 1. The second-order valence-corrected chi connectivity index (χ2v) is 8.48. The molecule has 0 saturated carbocycles. The smallest absolute Gasteiger partial charge is 0.270 e. The SMILES string of the molecule is N#Cc1cc(NC2CC3CCC(C2)N3Cc2ccccc2)nc2ccc([N+](=O)[O-])cc12. The molecule has 156 valence electrons. The Bertz CT molecular complexity index is 1160. The number of nitro groups is 1. The Hall–Kier alpha value is -3.50. The minimum atomic E-state index is -0.453. The maximum Gasteiger partial charge on any atom is 0.270 e. The van der Waals surface area contributed by atoms with Gasteiger partial charge in [0, 0.05) is 42.2 Å². The number of hydrogen-bond donors (Lipinski definition) is 1. The van der Waals surface area contributed by atoms with Crippen molar-refractivity contribution in [3.05, 3.63) is 75.8 Å². The number of nitrogens with zero attached hydrogens (tertiary/aromatic N) is 4. The fourth-order valence-corrected chi connectivity index (χ4v) is 5.15. The summed E-state index contributed by atoms with van der Waals surface area (Å²) in [7, 11) is 0. The van der Waals surface area contributed by atoms with Gasteiger partial charge in [0.2, 0.25) is 0 Å². The molecule has 7 nitrogen and oxygen atoms in total. The summed E-state index contributed by atoms with van der Waals surface area (Å²) in [6, 6.07) is 20.4. The molecular formula is C24H23N5O2. The number of anilines is 1. The van der Waals surface area contributed by atoms with Gasteiger partial charge in [-0.15, -0.1) is 0 Å². The lowest BCUT2D eigenvalue weighted by Crippen LogP contribution is -2.46. The molecule has 3 heterocycles. The average molecular weight is 413 g/mol. The number of nitriles is 1. The zero-order valence-corrected chi connectivity index (χ0v) is 17.1. The topological polar surface area (TPSA) is 95.1 Å². The van der Waals surface area contributed by atoms with E-state index in [4.69, 9.17) is 0 Å². The summed E-state index contributed by atoms with van der Waals surface area (Å²) >= 11 is 0. The average Bonchev–Trinajstić information content (AvgIpc) is 3.01. The lowest BCUT2D eigenvalue weighted by atomic mass is 9.96. The number of aromatic nitrogens is 1. The van der Waals surface area contributed by atoms with Crippen LogP contribution in [0.25, 0.3) is 10.9 Å². The van der Waals surface area contributed by atoms with Gasteiger partial charge in [-0.1, -0.05) is 30.3 Å². The Morgan fingerprint density at radius 3 is 2.55 bits per heavy atom. The molecule has 0 amide bonds. The minimum absolute atomic E-state index is 0.0335. The van der Waals surface area contributed by atoms with E-state index in [0.29, 0.717) is 40.4 Å². The predicted molar refractivity (Wildman–Crippen MR) is 119 cm³/mol. The first-order valence-electron chi connectivity index (χ1n) is 10.7. The Balaban J connectivity index is 1.33. The van der Waals surface area contributed by atoms with Crippen molar-refractivity contribution in [3.8, 4) is 6.07 Å². The van der Waals surface area contributed by atoms with Crippen molar-refractivity contribution in [2.75, 3.05) is 5.32 Å². The van der Waals surface area contributed by atoms with E-state index in [0.717, 1.165) is 19.4 Å². The maximum atomic E-state index is 11.1. The summed E-state index contributed by atoms with van der Waals surface area (Å²) in [5.41, 5.74) is 2.32. The largest absolute Gasteiger partial charge is 0.367 e. The number of non-ortho nitro benzene ring substituents is 1. The quantitative estimate of drug-likeness (QED) is 0.484.